The molecule has 1 heterocycles. The molecule has 5 nitrogen and oxygen atoms in total. The SMILES string of the molecule is COc1ccc(C2C(Cl)C(=O)N2C2C3CC4CC(C3)CC2(C(N)=O)C4)cc1. The predicted molar refractivity (Wildman–Crippen MR) is 101 cm³/mol. The molecule has 5 aliphatic rings. The number of ether oxygens (including phenoxy) is 1. The normalized spacial score (nSPS) is 42.1. The van der Waals surface area contributed by atoms with Crippen LogP contribution in [0.25, 0.3) is 0 Å². The van der Waals surface area contributed by atoms with E-state index in [1.165, 1.54) is 6.42 Å². The van der Waals surface area contributed by atoms with E-state index in [0.717, 1.165) is 37.0 Å². The quantitative estimate of drug-likeness (QED) is 0.636. The maximum atomic E-state index is 12.9. The molecule has 4 bridgehead atoms. The van der Waals surface area contributed by atoms with Crippen LogP contribution in [0.4, 0.5) is 0 Å². The van der Waals surface area contributed by atoms with Crippen LogP contribution in [0.2, 0.25) is 0 Å². The van der Waals surface area contributed by atoms with E-state index in [0.29, 0.717) is 17.8 Å². The molecule has 4 saturated carbocycles. The fraction of sp³-hybridized carbons (Fsp3) is 0.619. The van der Waals surface area contributed by atoms with E-state index in [9.17, 15) is 9.59 Å². The molecule has 6 heteroatoms. The Balaban J connectivity index is 1.53. The minimum absolute atomic E-state index is 0.0596. The Bertz CT molecular complexity index is 781. The summed E-state index contributed by atoms with van der Waals surface area (Å²) in [6, 6.07) is 7.39. The molecule has 5 unspecified atom stereocenters. The van der Waals surface area contributed by atoms with Crippen molar-refractivity contribution in [1.29, 1.82) is 0 Å². The summed E-state index contributed by atoms with van der Waals surface area (Å²) in [5.41, 5.74) is 6.39. The van der Waals surface area contributed by atoms with Crippen molar-refractivity contribution in [3.8, 4) is 5.75 Å². The van der Waals surface area contributed by atoms with Gasteiger partial charge >= 0.3 is 0 Å². The highest BCUT2D eigenvalue weighted by Crippen LogP contribution is 2.63. The van der Waals surface area contributed by atoms with Crippen molar-refractivity contribution in [1.82, 2.24) is 4.90 Å². The number of carbonyl (C=O) groups excluding carboxylic acids is 2. The van der Waals surface area contributed by atoms with Crippen LogP contribution in [0, 0.1) is 23.2 Å². The second-order valence-corrected chi connectivity index (χ2v) is 9.41. The zero-order valence-electron chi connectivity index (χ0n) is 15.4. The zero-order valence-corrected chi connectivity index (χ0v) is 16.2. The van der Waals surface area contributed by atoms with Gasteiger partial charge < -0.3 is 15.4 Å². The van der Waals surface area contributed by atoms with Crippen LogP contribution in [0.5, 0.6) is 5.75 Å². The number of nitrogens with zero attached hydrogens (tertiary/aromatic N) is 1. The van der Waals surface area contributed by atoms with Gasteiger partial charge in [-0.3, -0.25) is 9.59 Å². The van der Waals surface area contributed by atoms with Gasteiger partial charge in [-0.2, -0.15) is 0 Å². The number of β-lactam (4-membered cyclic amide) rings is 1. The van der Waals surface area contributed by atoms with Crippen molar-refractivity contribution in [2.24, 2.45) is 28.9 Å². The Hall–Kier alpha value is -1.75. The van der Waals surface area contributed by atoms with E-state index in [-0.39, 0.29) is 23.9 Å². The van der Waals surface area contributed by atoms with Crippen molar-refractivity contribution in [3.05, 3.63) is 29.8 Å². The smallest absolute Gasteiger partial charge is 0.243 e. The van der Waals surface area contributed by atoms with Crippen LogP contribution in [0.15, 0.2) is 24.3 Å². The lowest BCUT2D eigenvalue weighted by molar-refractivity contribution is -0.185. The van der Waals surface area contributed by atoms with Gasteiger partial charge in [0.2, 0.25) is 11.8 Å². The number of halogens is 1. The predicted octanol–water partition coefficient (Wildman–Crippen LogP) is 2.87. The molecule has 144 valence electrons. The second kappa shape index (κ2) is 5.87. The maximum absolute atomic E-state index is 12.9. The van der Waals surface area contributed by atoms with Crippen LogP contribution in [0.3, 0.4) is 0 Å². The van der Waals surface area contributed by atoms with Crippen LogP contribution < -0.4 is 10.5 Å². The highest BCUT2D eigenvalue weighted by atomic mass is 35.5. The first-order valence-electron chi connectivity index (χ1n) is 9.84. The van der Waals surface area contributed by atoms with Crippen LogP contribution in [-0.4, -0.2) is 35.2 Å². The lowest BCUT2D eigenvalue weighted by atomic mass is 9.46. The van der Waals surface area contributed by atoms with Crippen LogP contribution in [-0.2, 0) is 9.59 Å². The molecule has 1 saturated heterocycles. The minimum atomic E-state index is -0.583. The van der Waals surface area contributed by atoms with E-state index >= 15 is 0 Å². The molecule has 0 aromatic heterocycles. The number of rotatable bonds is 4. The molecular formula is C21H25ClN2O3. The van der Waals surface area contributed by atoms with E-state index in [1.807, 2.05) is 29.2 Å². The van der Waals surface area contributed by atoms with Gasteiger partial charge in [0, 0.05) is 6.04 Å². The van der Waals surface area contributed by atoms with Gasteiger partial charge in [-0.25, -0.2) is 0 Å². The molecule has 5 fully saturated rings. The van der Waals surface area contributed by atoms with Crippen molar-refractivity contribution < 1.29 is 14.3 Å². The third-order valence-corrected chi connectivity index (χ3v) is 8.00. The molecule has 4 aliphatic carbocycles. The highest BCUT2D eigenvalue weighted by Gasteiger charge is 2.66. The third-order valence-electron chi connectivity index (χ3n) is 7.57. The molecule has 1 aliphatic heterocycles. The summed E-state index contributed by atoms with van der Waals surface area (Å²) in [4.78, 5) is 27.4. The fourth-order valence-electron chi connectivity index (χ4n) is 6.77. The van der Waals surface area contributed by atoms with Crippen molar-refractivity contribution >= 4 is 23.4 Å². The van der Waals surface area contributed by atoms with E-state index in [2.05, 4.69) is 0 Å². The van der Waals surface area contributed by atoms with Crippen molar-refractivity contribution in [2.75, 3.05) is 7.11 Å². The minimum Gasteiger partial charge on any atom is -0.497 e. The summed E-state index contributed by atoms with van der Waals surface area (Å²) in [5, 5.41) is -0.583. The fourth-order valence-corrected chi connectivity index (χ4v) is 7.15. The molecule has 0 radical (unpaired) electrons. The average Bonchev–Trinajstić information content (AvgIpc) is 2.66. The number of primary amides is 1. The monoisotopic (exact) mass is 388 g/mol. The zero-order chi connectivity index (χ0) is 18.9. The Morgan fingerprint density at radius 2 is 1.81 bits per heavy atom. The topological polar surface area (TPSA) is 72.6 Å². The second-order valence-electron chi connectivity index (χ2n) is 8.94. The van der Waals surface area contributed by atoms with E-state index in [4.69, 9.17) is 22.1 Å². The molecule has 6 rings (SSSR count). The molecule has 2 amide bonds. The number of carbonyl (C=O) groups is 2. The Morgan fingerprint density at radius 3 is 2.37 bits per heavy atom. The Labute approximate surface area is 164 Å². The first-order valence-corrected chi connectivity index (χ1v) is 10.3. The van der Waals surface area contributed by atoms with E-state index < -0.39 is 10.8 Å². The first kappa shape index (κ1) is 17.4. The largest absolute Gasteiger partial charge is 0.497 e. The number of nitrogens with two attached hydrogens (primary N) is 1. The first-order chi connectivity index (χ1) is 12.9. The standard InChI is InChI=1S/C21H25ClN2O3/c1-27-15-4-2-13(3-5-15)17-16(22)19(25)24(17)18-14-7-11-6-12(8-14)10-21(18,9-11)20(23)26/h2-5,11-12,14,16-18H,6-10H2,1H3,(H2,23,26). The molecule has 5 atom stereocenters. The van der Waals surface area contributed by atoms with Gasteiger partial charge in [0.05, 0.1) is 18.6 Å². The van der Waals surface area contributed by atoms with Gasteiger partial charge in [-0.15, -0.1) is 11.6 Å². The summed E-state index contributed by atoms with van der Waals surface area (Å²) in [7, 11) is 1.63. The number of likely N-dealkylation sites (tertiary alicyclic amines) is 1. The average molecular weight is 389 g/mol. The molecule has 27 heavy (non-hydrogen) atoms. The summed E-state index contributed by atoms with van der Waals surface area (Å²) in [6.45, 7) is 0. The summed E-state index contributed by atoms with van der Waals surface area (Å²) in [5.74, 6) is 1.99. The number of benzene rings is 1. The van der Waals surface area contributed by atoms with Crippen molar-refractivity contribution in [3.63, 3.8) is 0 Å². The van der Waals surface area contributed by atoms with Crippen LogP contribution in [0.1, 0.15) is 43.7 Å². The summed E-state index contributed by atoms with van der Waals surface area (Å²) < 4.78 is 5.24. The Morgan fingerprint density at radius 1 is 1.19 bits per heavy atom. The summed E-state index contributed by atoms with van der Waals surface area (Å²) >= 11 is 6.47. The van der Waals surface area contributed by atoms with Crippen LogP contribution >= 0.6 is 11.6 Å². The number of hydrogen-bond donors (Lipinski definition) is 1. The maximum Gasteiger partial charge on any atom is 0.243 e. The van der Waals surface area contributed by atoms with Gasteiger partial charge in [0.15, 0.2) is 0 Å². The lowest BCUT2D eigenvalue weighted by Crippen LogP contribution is -2.72. The number of alkyl halides is 1. The summed E-state index contributed by atoms with van der Waals surface area (Å²) in [6.07, 6.45) is 5.06. The lowest BCUT2D eigenvalue weighted by Gasteiger charge is -2.65. The molecule has 2 N–H and O–H groups in total. The Kier molecular flexibility index (Phi) is 3.77. The van der Waals surface area contributed by atoms with Gasteiger partial charge in [0.1, 0.15) is 11.1 Å². The molecule has 0 spiro atoms. The van der Waals surface area contributed by atoms with E-state index in [1.54, 1.807) is 7.11 Å². The van der Waals surface area contributed by atoms with Gasteiger partial charge in [-0.05, 0) is 67.6 Å². The number of amides is 2. The molecular weight excluding hydrogens is 364 g/mol. The third kappa shape index (κ3) is 2.30. The van der Waals surface area contributed by atoms with Gasteiger partial charge in [-0.1, -0.05) is 12.1 Å². The van der Waals surface area contributed by atoms with Crippen molar-refractivity contribution in [2.45, 2.75) is 49.6 Å². The highest BCUT2D eigenvalue weighted by molar-refractivity contribution is 6.33. The molecule has 1 aromatic rings. The van der Waals surface area contributed by atoms with Gasteiger partial charge in [0.25, 0.3) is 0 Å². The number of hydrogen-bond acceptors (Lipinski definition) is 3. The molecule has 1 aromatic carbocycles. The number of methoxy groups -OCH3 is 1.